The van der Waals surface area contributed by atoms with Crippen molar-refractivity contribution in [2.24, 2.45) is 0 Å². The van der Waals surface area contributed by atoms with E-state index < -0.39 is 5.97 Å². The van der Waals surface area contributed by atoms with Crippen LogP contribution in [0.2, 0.25) is 0 Å². The van der Waals surface area contributed by atoms with Gasteiger partial charge in [-0.15, -0.1) is 0 Å². The highest BCUT2D eigenvalue weighted by Crippen LogP contribution is 2.27. The van der Waals surface area contributed by atoms with E-state index in [1.54, 1.807) is 42.5 Å². The van der Waals surface area contributed by atoms with Gasteiger partial charge in [-0.1, -0.05) is 11.3 Å². The van der Waals surface area contributed by atoms with Gasteiger partial charge in [0.1, 0.15) is 0 Å². The number of benzene rings is 2. The highest BCUT2D eigenvalue weighted by Gasteiger charge is 2.12. The zero-order chi connectivity index (χ0) is 16.4. The van der Waals surface area contributed by atoms with Gasteiger partial charge >= 0.3 is 5.97 Å². The first-order valence-corrected chi connectivity index (χ1v) is 7.54. The van der Waals surface area contributed by atoms with Gasteiger partial charge < -0.3 is 10.5 Å². The normalized spacial score (nSPS) is 10.5. The zero-order valence-electron chi connectivity index (χ0n) is 12.2. The second-order valence-electron chi connectivity index (χ2n) is 4.77. The van der Waals surface area contributed by atoms with Gasteiger partial charge in [-0.05, 0) is 42.5 Å². The Hall–Kier alpha value is -2.93. The molecule has 116 valence electrons. The third-order valence-electron chi connectivity index (χ3n) is 3.20. The minimum Gasteiger partial charge on any atom is -0.465 e. The Morgan fingerprint density at radius 1 is 1.13 bits per heavy atom. The molecule has 0 saturated carbocycles. The second kappa shape index (κ2) is 6.05. The maximum atomic E-state index is 12.2. The van der Waals surface area contributed by atoms with Crippen LogP contribution < -0.4 is 11.1 Å². The van der Waals surface area contributed by atoms with Crippen molar-refractivity contribution in [3.05, 3.63) is 53.6 Å². The molecule has 1 heterocycles. The number of fused-ring (bicyclic) bond motifs is 1. The van der Waals surface area contributed by atoms with E-state index in [2.05, 4.69) is 15.0 Å². The number of aromatic nitrogens is 1. The summed E-state index contributed by atoms with van der Waals surface area (Å²) in [5.41, 5.74) is 7.84. The number of carbonyl (C=O) groups excluding carboxylic acids is 2. The molecule has 0 aliphatic rings. The van der Waals surface area contributed by atoms with Crippen molar-refractivity contribution in [1.29, 1.82) is 0 Å². The number of carbonyl (C=O) groups is 2. The first kappa shape index (κ1) is 15.0. The van der Waals surface area contributed by atoms with Crippen molar-refractivity contribution in [1.82, 2.24) is 4.98 Å². The molecule has 1 amide bonds. The number of nitrogen functional groups attached to an aromatic ring is 1. The van der Waals surface area contributed by atoms with Crippen LogP contribution >= 0.6 is 11.3 Å². The van der Waals surface area contributed by atoms with E-state index in [9.17, 15) is 9.59 Å². The van der Waals surface area contributed by atoms with Crippen molar-refractivity contribution < 1.29 is 14.3 Å². The number of rotatable bonds is 3. The average molecular weight is 327 g/mol. The molecule has 3 N–H and O–H groups in total. The van der Waals surface area contributed by atoms with E-state index in [4.69, 9.17) is 5.73 Å². The molecule has 0 unspecified atom stereocenters. The van der Waals surface area contributed by atoms with Crippen molar-refractivity contribution in [2.45, 2.75) is 0 Å². The van der Waals surface area contributed by atoms with Gasteiger partial charge in [0.05, 0.1) is 22.9 Å². The van der Waals surface area contributed by atoms with Gasteiger partial charge in [0.15, 0.2) is 5.13 Å². The average Bonchev–Trinajstić information content (AvgIpc) is 2.95. The van der Waals surface area contributed by atoms with Gasteiger partial charge in [0.2, 0.25) is 0 Å². The molecule has 23 heavy (non-hydrogen) atoms. The van der Waals surface area contributed by atoms with E-state index >= 15 is 0 Å². The standard InChI is InChI=1S/C16H13N3O3S/c1-22-15(21)10-4-7-12-13(8-10)23-16(18-12)19-14(20)9-2-5-11(17)6-3-9/h2-8H,17H2,1H3,(H,18,19,20). The zero-order valence-corrected chi connectivity index (χ0v) is 13.0. The number of methoxy groups -OCH3 is 1. The smallest absolute Gasteiger partial charge is 0.337 e. The van der Waals surface area contributed by atoms with Gasteiger partial charge in [0, 0.05) is 11.3 Å². The Labute approximate surface area is 135 Å². The Morgan fingerprint density at radius 3 is 2.52 bits per heavy atom. The van der Waals surface area contributed by atoms with E-state index in [1.807, 2.05) is 0 Å². The lowest BCUT2D eigenvalue weighted by molar-refractivity contribution is 0.0601. The van der Waals surface area contributed by atoms with E-state index in [0.29, 0.717) is 27.5 Å². The first-order chi connectivity index (χ1) is 11.1. The molecule has 0 bridgehead atoms. The number of nitrogens with one attached hydrogen (secondary N) is 1. The van der Waals surface area contributed by atoms with Gasteiger partial charge in [0.25, 0.3) is 5.91 Å². The van der Waals surface area contributed by atoms with Crippen molar-refractivity contribution in [3.63, 3.8) is 0 Å². The third-order valence-corrected chi connectivity index (χ3v) is 4.14. The van der Waals surface area contributed by atoms with Crippen LogP contribution in [0.4, 0.5) is 10.8 Å². The predicted molar refractivity (Wildman–Crippen MR) is 89.8 cm³/mol. The molecule has 0 fully saturated rings. The molecule has 0 atom stereocenters. The third kappa shape index (κ3) is 3.14. The lowest BCUT2D eigenvalue weighted by atomic mass is 10.2. The van der Waals surface area contributed by atoms with Crippen LogP contribution in [0.15, 0.2) is 42.5 Å². The quantitative estimate of drug-likeness (QED) is 0.570. The number of hydrogen-bond acceptors (Lipinski definition) is 6. The Morgan fingerprint density at radius 2 is 1.83 bits per heavy atom. The molecule has 0 aliphatic heterocycles. The Kier molecular flexibility index (Phi) is 3.94. The number of hydrogen-bond donors (Lipinski definition) is 2. The number of thiazole rings is 1. The number of nitrogens with two attached hydrogens (primary N) is 1. The fourth-order valence-electron chi connectivity index (χ4n) is 2.03. The number of esters is 1. The molecule has 2 aromatic carbocycles. The van der Waals surface area contributed by atoms with Crippen molar-refractivity contribution in [3.8, 4) is 0 Å². The monoisotopic (exact) mass is 327 g/mol. The van der Waals surface area contributed by atoms with Crippen LogP contribution in [0.5, 0.6) is 0 Å². The summed E-state index contributed by atoms with van der Waals surface area (Å²) < 4.78 is 5.48. The maximum absolute atomic E-state index is 12.2. The molecule has 0 spiro atoms. The first-order valence-electron chi connectivity index (χ1n) is 6.72. The fraction of sp³-hybridized carbons (Fsp3) is 0.0625. The van der Waals surface area contributed by atoms with Crippen molar-refractivity contribution >= 4 is 44.2 Å². The SMILES string of the molecule is COC(=O)c1ccc2nc(NC(=O)c3ccc(N)cc3)sc2c1. The van der Waals surface area contributed by atoms with Crippen LogP contribution in [0, 0.1) is 0 Å². The van der Waals surface area contributed by atoms with Crippen LogP contribution in [0.3, 0.4) is 0 Å². The highest BCUT2D eigenvalue weighted by atomic mass is 32.1. The van der Waals surface area contributed by atoms with E-state index in [0.717, 1.165) is 4.70 Å². The van der Waals surface area contributed by atoms with E-state index in [1.165, 1.54) is 18.4 Å². The molecule has 1 aromatic heterocycles. The molecule has 3 rings (SSSR count). The Balaban J connectivity index is 1.84. The van der Waals surface area contributed by atoms with Crippen LogP contribution in [0.25, 0.3) is 10.2 Å². The van der Waals surface area contributed by atoms with Gasteiger partial charge in [-0.2, -0.15) is 0 Å². The molecule has 0 saturated heterocycles. The van der Waals surface area contributed by atoms with Crippen LogP contribution in [-0.2, 0) is 4.74 Å². The lowest BCUT2D eigenvalue weighted by Gasteiger charge is -2.01. The summed E-state index contributed by atoms with van der Waals surface area (Å²) in [6.07, 6.45) is 0. The molecular weight excluding hydrogens is 314 g/mol. The Bertz CT molecular complexity index is 887. The topological polar surface area (TPSA) is 94.3 Å². The largest absolute Gasteiger partial charge is 0.465 e. The second-order valence-corrected chi connectivity index (χ2v) is 5.80. The lowest BCUT2D eigenvalue weighted by Crippen LogP contribution is -2.11. The molecule has 0 radical (unpaired) electrons. The summed E-state index contributed by atoms with van der Waals surface area (Å²) >= 11 is 1.29. The minimum absolute atomic E-state index is 0.266. The fourth-order valence-corrected chi connectivity index (χ4v) is 2.93. The molecular formula is C16H13N3O3S. The van der Waals surface area contributed by atoms with Gasteiger partial charge in [-0.25, -0.2) is 9.78 Å². The van der Waals surface area contributed by atoms with Crippen LogP contribution in [-0.4, -0.2) is 24.0 Å². The van der Waals surface area contributed by atoms with Crippen LogP contribution in [0.1, 0.15) is 20.7 Å². The summed E-state index contributed by atoms with van der Waals surface area (Å²) in [7, 11) is 1.33. The summed E-state index contributed by atoms with van der Waals surface area (Å²) in [5, 5.41) is 3.20. The molecule has 0 aliphatic carbocycles. The predicted octanol–water partition coefficient (Wildman–Crippen LogP) is 2.92. The highest BCUT2D eigenvalue weighted by molar-refractivity contribution is 7.22. The summed E-state index contributed by atoms with van der Waals surface area (Å²) in [6.45, 7) is 0. The number of anilines is 2. The number of ether oxygens (including phenoxy) is 1. The number of amides is 1. The molecule has 3 aromatic rings. The minimum atomic E-state index is -0.409. The van der Waals surface area contributed by atoms with Crippen molar-refractivity contribution in [2.75, 3.05) is 18.2 Å². The molecule has 6 nitrogen and oxygen atoms in total. The van der Waals surface area contributed by atoms with E-state index in [-0.39, 0.29) is 5.91 Å². The summed E-state index contributed by atoms with van der Waals surface area (Å²) in [5.74, 6) is -0.676. The summed E-state index contributed by atoms with van der Waals surface area (Å²) in [4.78, 5) is 28.0. The maximum Gasteiger partial charge on any atom is 0.337 e. The van der Waals surface area contributed by atoms with Gasteiger partial charge in [-0.3, -0.25) is 10.1 Å². The summed E-state index contributed by atoms with van der Waals surface area (Å²) in [6, 6.07) is 11.7. The number of nitrogens with zero attached hydrogens (tertiary/aromatic N) is 1. The molecule has 7 heteroatoms.